The normalized spacial score (nSPS) is 19.8. The molecule has 0 radical (unpaired) electrons. The Kier molecular flexibility index (Phi) is 3.98. The van der Waals surface area contributed by atoms with Crippen LogP contribution >= 0.6 is 12.4 Å². The first kappa shape index (κ1) is 8.03. The van der Waals surface area contributed by atoms with Gasteiger partial charge in [-0.15, -0.1) is 12.4 Å². The highest BCUT2D eigenvalue weighted by molar-refractivity contribution is 5.85. The maximum Gasteiger partial charge on any atom is -0.0323 e. The van der Waals surface area contributed by atoms with E-state index in [1.54, 1.807) is 0 Å². The molecule has 0 N–H and O–H groups in total. The van der Waals surface area contributed by atoms with Gasteiger partial charge in [0.15, 0.2) is 0 Å². The first-order chi connectivity index (χ1) is 3.39. The molecular weight excluding hydrogens is 120 g/mol. The average molecular weight is 133 g/mol. The maximum absolute atomic E-state index is 3.91. The van der Waals surface area contributed by atoms with Crippen LogP contribution in [0.25, 0.3) is 0 Å². The molecule has 1 rings (SSSR count). The van der Waals surface area contributed by atoms with E-state index >= 15 is 0 Å². The van der Waals surface area contributed by atoms with Crippen molar-refractivity contribution < 1.29 is 0 Å². The van der Waals surface area contributed by atoms with Crippen LogP contribution in [0, 0.1) is 0 Å². The molecule has 1 saturated carbocycles. The fourth-order valence-electron chi connectivity index (χ4n) is 1.05. The van der Waals surface area contributed by atoms with Crippen molar-refractivity contribution in [3.63, 3.8) is 0 Å². The molecule has 0 unspecified atom stereocenters. The van der Waals surface area contributed by atoms with E-state index in [1.165, 1.54) is 37.7 Å². The average Bonchev–Trinajstić information content (AvgIpc) is 1.69. The van der Waals surface area contributed by atoms with Gasteiger partial charge in [-0.25, -0.2) is 0 Å². The fraction of sp³-hybridized carbons (Fsp3) is 0.714. The van der Waals surface area contributed by atoms with Crippen LogP contribution in [-0.2, 0) is 0 Å². The summed E-state index contributed by atoms with van der Waals surface area (Å²) in [6.45, 7) is 3.91. The molecule has 0 bridgehead atoms. The van der Waals surface area contributed by atoms with Gasteiger partial charge in [0, 0.05) is 0 Å². The van der Waals surface area contributed by atoms with Gasteiger partial charge in [0.25, 0.3) is 0 Å². The lowest BCUT2D eigenvalue weighted by Crippen LogP contribution is -1.90. The Hall–Kier alpha value is 0.0300. The minimum absolute atomic E-state index is 0. The van der Waals surface area contributed by atoms with Gasteiger partial charge in [-0.2, -0.15) is 0 Å². The fourth-order valence-corrected chi connectivity index (χ4v) is 1.05. The minimum Gasteiger partial charge on any atom is -0.147 e. The molecule has 1 fully saturated rings. The van der Waals surface area contributed by atoms with Gasteiger partial charge in [-0.3, -0.25) is 0 Å². The second kappa shape index (κ2) is 3.96. The largest absolute Gasteiger partial charge is 0.147 e. The highest BCUT2D eigenvalue weighted by atomic mass is 35.5. The van der Waals surface area contributed by atoms with Gasteiger partial charge in [0.1, 0.15) is 0 Å². The summed E-state index contributed by atoms with van der Waals surface area (Å²) >= 11 is 0. The Morgan fingerprint density at radius 2 is 1.50 bits per heavy atom. The zero-order chi connectivity index (χ0) is 5.11. The first-order valence-electron chi connectivity index (χ1n) is 3.06. The van der Waals surface area contributed by atoms with Crippen molar-refractivity contribution in [2.24, 2.45) is 0 Å². The third-order valence-electron chi connectivity index (χ3n) is 1.56. The van der Waals surface area contributed by atoms with Crippen molar-refractivity contribution in [3.05, 3.63) is 12.2 Å². The van der Waals surface area contributed by atoms with Crippen LogP contribution in [-0.4, -0.2) is 0 Å². The molecule has 0 aromatic heterocycles. The van der Waals surface area contributed by atoms with E-state index in [-0.39, 0.29) is 12.4 Å². The zero-order valence-corrected chi connectivity index (χ0v) is 5.97. The summed E-state index contributed by atoms with van der Waals surface area (Å²) in [6, 6.07) is 0. The molecule has 0 heterocycles. The molecular formula is C7H13Cl. The molecule has 0 amide bonds. The second-order valence-corrected chi connectivity index (χ2v) is 2.31. The SMILES string of the molecule is C=C1CCCCC1.Cl. The molecule has 8 heavy (non-hydrogen) atoms. The molecule has 0 spiro atoms. The number of rotatable bonds is 0. The van der Waals surface area contributed by atoms with Crippen LogP contribution in [0.5, 0.6) is 0 Å². The Bertz CT molecular complexity index is 68.5. The van der Waals surface area contributed by atoms with E-state index < -0.39 is 0 Å². The first-order valence-corrected chi connectivity index (χ1v) is 3.06. The van der Waals surface area contributed by atoms with Crippen molar-refractivity contribution in [2.75, 3.05) is 0 Å². The number of allylic oxidation sites excluding steroid dienone is 1. The third kappa shape index (κ3) is 2.37. The quantitative estimate of drug-likeness (QED) is 0.445. The van der Waals surface area contributed by atoms with Gasteiger partial charge in [-0.05, 0) is 25.7 Å². The predicted molar refractivity (Wildman–Crippen MR) is 39.5 cm³/mol. The van der Waals surface area contributed by atoms with Gasteiger partial charge in [0.05, 0.1) is 0 Å². The maximum atomic E-state index is 3.91. The summed E-state index contributed by atoms with van der Waals surface area (Å²) in [5, 5.41) is 0. The van der Waals surface area contributed by atoms with Crippen molar-refractivity contribution in [2.45, 2.75) is 32.1 Å². The monoisotopic (exact) mass is 132 g/mol. The van der Waals surface area contributed by atoms with E-state index in [2.05, 4.69) is 6.58 Å². The van der Waals surface area contributed by atoms with Crippen molar-refractivity contribution >= 4 is 12.4 Å². The van der Waals surface area contributed by atoms with Crippen LogP contribution in [0.4, 0.5) is 0 Å². The Morgan fingerprint density at radius 1 is 1.00 bits per heavy atom. The summed E-state index contributed by atoms with van der Waals surface area (Å²) in [7, 11) is 0. The third-order valence-corrected chi connectivity index (χ3v) is 1.56. The lowest BCUT2D eigenvalue weighted by atomic mass is 9.97. The van der Waals surface area contributed by atoms with E-state index in [1.807, 2.05) is 0 Å². The van der Waals surface area contributed by atoms with Gasteiger partial charge < -0.3 is 0 Å². The van der Waals surface area contributed by atoms with Crippen LogP contribution in [0.15, 0.2) is 12.2 Å². The van der Waals surface area contributed by atoms with Gasteiger partial charge in [0.2, 0.25) is 0 Å². The van der Waals surface area contributed by atoms with E-state index in [0.29, 0.717) is 0 Å². The highest BCUT2D eigenvalue weighted by Gasteiger charge is 2.00. The Labute approximate surface area is 57.4 Å². The molecule has 0 aromatic carbocycles. The molecule has 0 saturated heterocycles. The number of halogens is 1. The van der Waals surface area contributed by atoms with Crippen LogP contribution < -0.4 is 0 Å². The Balaban J connectivity index is 0.000000490. The van der Waals surface area contributed by atoms with Crippen LogP contribution in [0.2, 0.25) is 0 Å². The molecule has 0 aliphatic heterocycles. The van der Waals surface area contributed by atoms with E-state index in [4.69, 9.17) is 0 Å². The van der Waals surface area contributed by atoms with E-state index in [0.717, 1.165) is 0 Å². The van der Waals surface area contributed by atoms with Crippen molar-refractivity contribution in [3.8, 4) is 0 Å². The van der Waals surface area contributed by atoms with Crippen LogP contribution in [0.3, 0.4) is 0 Å². The molecule has 0 atom stereocenters. The topological polar surface area (TPSA) is 0 Å². The summed E-state index contributed by atoms with van der Waals surface area (Å²) < 4.78 is 0. The standard InChI is InChI=1S/C7H12.ClH/c1-7-5-3-2-4-6-7;/h1-6H2;1H. The summed E-state index contributed by atoms with van der Waals surface area (Å²) in [4.78, 5) is 0. The second-order valence-electron chi connectivity index (χ2n) is 2.31. The zero-order valence-electron chi connectivity index (χ0n) is 5.15. The van der Waals surface area contributed by atoms with Crippen LogP contribution in [0.1, 0.15) is 32.1 Å². The highest BCUT2D eigenvalue weighted by Crippen LogP contribution is 2.20. The summed E-state index contributed by atoms with van der Waals surface area (Å²) in [6.07, 6.45) is 6.79. The molecule has 1 aliphatic carbocycles. The lowest BCUT2D eigenvalue weighted by Gasteiger charge is -2.10. The van der Waals surface area contributed by atoms with Gasteiger partial charge >= 0.3 is 0 Å². The molecule has 0 nitrogen and oxygen atoms in total. The van der Waals surface area contributed by atoms with Crippen molar-refractivity contribution in [1.82, 2.24) is 0 Å². The van der Waals surface area contributed by atoms with Crippen molar-refractivity contribution in [1.29, 1.82) is 0 Å². The smallest absolute Gasteiger partial charge is 0.0323 e. The predicted octanol–water partition coefficient (Wildman–Crippen LogP) is 2.93. The molecule has 0 aromatic rings. The molecule has 1 heteroatoms. The van der Waals surface area contributed by atoms with E-state index in [9.17, 15) is 0 Å². The lowest BCUT2D eigenvalue weighted by molar-refractivity contribution is 0.601. The van der Waals surface area contributed by atoms with Gasteiger partial charge in [-0.1, -0.05) is 18.6 Å². The number of hydrogen-bond acceptors (Lipinski definition) is 0. The Morgan fingerprint density at radius 3 is 1.75 bits per heavy atom. The number of hydrogen-bond donors (Lipinski definition) is 0. The minimum atomic E-state index is 0. The summed E-state index contributed by atoms with van der Waals surface area (Å²) in [5.41, 5.74) is 1.46. The molecule has 1 aliphatic rings. The summed E-state index contributed by atoms with van der Waals surface area (Å²) in [5.74, 6) is 0. The molecule has 48 valence electrons.